The van der Waals surface area contributed by atoms with Gasteiger partial charge in [-0.3, -0.25) is 0 Å². The van der Waals surface area contributed by atoms with Gasteiger partial charge >= 0.3 is 0 Å². The monoisotopic (exact) mass is 297 g/mol. The summed E-state index contributed by atoms with van der Waals surface area (Å²) in [5, 5.41) is 0.281. The smallest absolute Gasteiger partial charge is 0.131 e. The van der Waals surface area contributed by atoms with Crippen molar-refractivity contribution >= 4 is 11.6 Å². The SMILES string of the molecule is NCCc1cc(F)cc(OCc2c(F)cccc2Cl)c1. The van der Waals surface area contributed by atoms with E-state index in [1.165, 1.54) is 24.3 Å². The van der Waals surface area contributed by atoms with Gasteiger partial charge in [0.2, 0.25) is 0 Å². The zero-order valence-corrected chi connectivity index (χ0v) is 11.5. The van der Waals surface area contributed by atoms with Crippen molar-refractivity contribution in [3.05, 3.63) is 64.2 Å². The van der Waals surface area contributed by atoms with Gasteiger partial charge in [0.1, 0.15) is 24.0 Å². The Balaban J connectivity index is 2.14. The maximum absolute atomic E-state index is 13.6. The van der Waals surface area contributed by atoms with Crippen LogP contribution in [-0.4, -0.2) is 6.54 Å². The average Bonchev–Trinajstić information content (AvgIpc) is 2.38. The Morgan fingerprint density at radius 3 is 2.65 bits per heavy atom. The standard InChI is InChI=1S/C15H14ClF2NO/c16-14-2-1-3-15(18)13(14)9-20-12-7-10(4-5-19)6-11(17)8-12/h1-3,6-8H,4-5,9,19H2. The van der Waals surface area contributed by atoms with E-state index in [1.807, 2.05) is 0 Å². The van der Waals surface area contributed by atoms with Crippen molar-refractivity contribution in [3.63, 3.8) is 0 Å². The third kappa shape index (κ3) is 3.68. The van der Waals surface area contributed by atoms with Crippen molar-refractivity contribution in [1.82, 2.24) is 0 Å². The van der Waals surface area contributed by atoms with Crippen molar-refractivity contribution in [2.45, 2.75) is 13.0 Å². The van der Waals surface area contributed by atoms with E-state index in [4.69, 9.17) is 22.1 Å². The summed E-state index contributed by atoms with van der Waals surface area (Å²) in [4.78, 5) is 0. The summed E-state index contributed by atoms with van der Waals surface area (Å²) in [5.74, 6) is -0.533. The maximum atomic E-state index is 13.6. The highest BCUT2D eigenvalue weighted by molar-refractivity contribution is 6.31. The first-order valence-electron chi connectivity index (χ1n) is 6.15. The number of ether oxygens (including phenoxy) is 1. The lowest BCUT2D eigenvalue weighted by Gasteiger charge is -2.10. The highest BCUT2D eigenvalue weighted by Crippen LogP contribution is 2.23. The topological polar surface area (TPSA) is 35.2 Å². The van der Waals surface area contributed by atoms with Crippen LogP contribution in [0.5, 0.6) is 5.75 Å². The molecule has 2 rings (SSSR count). The Morgan fingerprint density at radius 2 is 1.95 bits per heavy atom. The summed E-state index contributed by atoms with van der Waals surface area (Å²) >= 11 is 5.90. The van der Waals surface area contributed by atoms with Crippen LogP contribution < -0.4 is 10.5 Å². The molecule has 0 atom stereocenters. The molecule has 0 aliphatic rings. The summed E-state index contributed by atoms with van der Waals surface area (Å²) in [7, 11) is 0. The van der Waals surface area contributed by atoms with Crippen molar-refractivity contribution in [2.24, 2.45) is 5.73 Å². The molecule has 0 spiro atoms. The molecule has 2 aromatic carbocycles. The molecule has 20 heavy (non-hydrogen) atoms. The van der Waals surface area contributed by atoms with Crippen LogP contribution in [0.3, 0.4) is 0 Å². The van der Waals surface area contributed by atoms with Crippen LogP contribution in [0, 0.1) is 11.6 Å². The molecular formula is C15H14ClF2NO. The van der Waals surface area contributed by atoms with Gasteiger partial charge in [-0.25, -0.2) is 8.78 Å². The van der Waals surface area contributed by atoms with Gasteiger partial charge in [-0.2, -0.15) is 0 Å². The third-order valence-electron chi connectivity index (χ3n) is 2.81. The van der Waals surface area contributed by atoms with Gasteiger partial charge in [0.05, 0.1) is 5.02 Å². The number of halogens is 3. The first-order chi connectivity index (χ1) is 9.60. The van der Waals surface area contributed by atoms with E-state index >= 15 is 0 Å². The maximum Gasteiger partial charge on any atom is 0.131 e. The lowest BCUT2D eigenvalue weighted by atomic mass is 10.1. The van der Waals surface area contributed by atoms with Gasteiger partial charge in [0.25, 0.3) is 0 Å². The average molecular weight is 298 g/mol. The molecular weight excluding hydrogens is 284 g/mol. The molecule has 2 aromatic rings. The second-order valence-corrected chi connectivity index (χ2v) is 4.73. The van der Waals surface area contributed by atoms with Crippen molar-refractivity contribution in [2.75, 3.05) is 6.54 Å². The Bertz CT molecular complexity index is 584. The highest BCUT2D eigenvalue weighted by Gasteiger charge is 2.08. The molecule has 2 nitrogen and oxygen atoms in total. The fourth-order valence-corrected chi connectivity index (χ4v) is 2.06. The molecule has 0 aliphatic carbocycles. The first-order valence-corrected chi connectivity index (χ1v) is 6.53. The molecule has 0 unspecified atom stereocenters. The molecule has 2 N–H and O–H groups in total. The molecule has 0 aromatic heterocycles. The van der Waals surface area contributed by atoms with E-state index in [-0.39, 0.29) is 17.2 Å². The number of hydrogen-bond donors (Lipinski definition) is 1. The van der Waals surface area contributed by atoms with Gasteiger partial charge in [0.15, 0.2) is 0 Å². The third-order valence-corrected chi connectivity index (χ3v) is 3.16. The molecule has 0 fully saturated rings. The Kier molecular flexibility index (Phi) is 4.93. The zero-order valence-electron chi connectivity index (χ0n) is 10.7. The highest BCUT2D eigenvalue weighted by atomic mass is 35.5. The van der Waals surface area contributed by atoms with Crippen LogP contribution in [0.1, 0.15) is 11.1 Å². The fraction of sp³-hybridized carbons (Fsp3) is 0.200. The molecule has 0 amide bonds. The van der Waals surface area contributed by atoms with Gasteiger partial charge in [0, 0.05) is 11.6 Å². The van der Waals surface area contributed by atoms with Crippen LogP contribution in [0.25, 0.3) is 0 Å². The summed E-state index contributed by atoms with van der Waals surface area (Å²) in [6, 6.07) is 8.72. The molecule has 0 radical (unpaired) electrons. The van der Waals surface area contributed by atoms with Crippen LogP contribution in [-0.2, 0) is 13.0 Å². The molecule has 0 saturated carbocycles. The number of benzene rings is 2. The second-order valence-electron chi connectivity index (χ2n) is 4.32. The quantitative estimate of drug-likeness (QED) is 0.913. The van der Waals surface area contributed by atoms with Crippen LogP contribution in [0.15, 0.2) is 36.4 Å². The van der Waals surface area contributed by atoms with Gasteiger partial charge in [-0.05, 0) is 42.8 Å². The Labute approximate surface area is 121 Å². The van der Waals surface area contributed by atoms with Crippen molar-refractivity contribution < 1.29 is 13.5 Å². The number of hydrogen-bond acceptors (Lipinski definition) is 2. The Morgan fingerprint density at radius 1 is 1.15 bits per heavy atom. The minimum Gasteiger partial charge on any atom is -0.489 e. The zero-order chi connectivity index (χ0) is 14.5. The molecule has 0 bridgehead atoms. The van der Waals surface area contributed by atoms with E-state index in [0.717, 1.165) is 5.56 Å². The largest absolute Gasteiger partial charge is 0.489 e. The number of nitrogens with two attached hydrogens (primary N) is 1. The molecule has 0 heterocycles. The van der Waals surface area contributed by atoms with Crippen molar-refractivity contribution in [3.8, 4) is 5.75 Å². The molecule has 0 saturated heterocycles. The minimum atomic E-state index is -0.448. The van der Waals surface area contributed by atoms with Gasteiger partial charge in [-0.15, -0.1) is 0 Å². The van der Waals surface area contributed by atoms with Gasteiger partial charge in [-0.1, -0.05) is 17.7 Å². The first kappa shape index (κ1) is 14.8. The van der Waals surface area contributed by atoms with E-state index in [2.05, 4.69) is 0 Å². The van der Waals surface area contributed by atoms with E-state index in [9.17, 15) is 8.78 Å². The second kappa shape index (κ2) is 6.68. The normalized spacial score (nSPS) is 10.6. The predicted molar refractivity (Wildman–Crippen MR) is 74.9 cm³/mol. The molecule has 0 aliphatic heterocycles. The molecule has 106 valence electrons. The van der Waals surface area contributed by atoms with Crippen LogP contribution in [0.4, 0.5) is 8.78 Å². The van der Waals surface area contributed by atoms with Gasteiger partial charge < -0.3 is 10.5 Å². The van der Waals surface area contributed by atoms with Crippen LogP contribution >= 0.6 is 11.6 Å². The Hall–Kier alpha value is -1.65. The predicted octanol–water partition coefficient (Wildman–Crippen LogP) is 3.70. The fourth-order valence-electron chi connectivity index (χ4n) is 1.84. The van der Waals surface area contributed by atoms with Crippen molar-refractivity contribution in [1.29, 1.82) is 0 Å². The van der Waals surface area contributed by atoms with E-state index in [1.54, 1.807) is 12.1 Å². The molecule has 5 heteroatoms. The lowest BCUT2D eigenvalue weighted by molar-refractivity contribution is 0.298. The summed E-state index contributed by atoms with van der Waals surface area (Å²) in [6.07, 6.45) is 0.550. The minimum absolute atomic E-state index is 0.0585. The summed E-state index contributed by atoms with van der Waals surface area (Å²) < 4.78 is 32.4. The summed E-state index contributed by atoms with van der Waals surface area (Å²) in [6.45, 7) is 0.360. The number of rotatable bonds is 5. The van der Waals surface area contributed by atoms with Crippen LogP contribution in [0.2, 0.25) is 5.02 Å². The van der Waals surface area contributed by atoms with E-state index < -0.39 is 11.6 Å². The van der Waals surface area contributed by atoms with E-state index in [0.29, 0.717) is 18.7 Å². The lowest BCUT2D eigenvalue weighted by Crippen LogP contribution is -2.04. The summed E-state index contributed by atoms with van der Waals surface area (Å²) in [5.41, 5.74) is 6.42.